The molecule has 0 aliphatic carbocycles. The van der Waals surface area contributed by atoms with Gasteiger partial charge in [-0.3, -0.25) is 4.79 Å². The van der Waals surface area contributed by atoms with E-state index in [0.717, 1.165) is 17.4 Å². The molecule has 2 rings (SSSR count). The first-order valence-electron chi connectivity index (χ1n) is 6.18. The minimum Gasteiger partial charge on any atom is -0.497 e. The van der Waals surface area contributed by atoms with Gasteiger partial charge in [-0.1, -0.05) is 6.92 Å². The van der Waals surface area contributed by atoms with Crippen molar-refractivity contribution in [1.82, 2.24) is 10.3 Å². The number of hydrogen-bond donors (Lipinski definition) is 2. The molecule has 1 aromatic carbocycles. The maximum Gasteiger partial charge on any atom is 0.178 e. The fraction of sp³-hybridized carbons (Fsp3) is 0.357. The highest BCUT2D eigenvalue weighted by atomic mass is 16.5. The Morgan fingerprint density at radius 2 is 2.11 bits per heavy atom. The predicted octanol–water partition coefficient (Wildman–Crippen LogP) is 1.98. The van der Waals surface area contributed by atoms with Crippen molar-refractivity contribution in [3.63, 3.8) is 0 Å². The third-order valence-corrected chi connectivity index (χ3v) is 3.01. The van der Waals surface area contributed by atoms with Crippen molar-refractivity contribution >= 4 is 16.7 Å². The summed E-state index contributed by atoms with van der Waals surface area (Å²) in [5, 5.41) is 3.83. The number of ketones is 1. The first-order chi connectivity index (χ1) is 9.21. The average Bonchev–Trinajstić information content (AvgIpc) is 2.87. The van der Waals surface area contributed by atoms with Crippen LogP contribution in [0.25, 0.3) is 10.9 Å². The van der Waals surface area contributed by atoms with Gasteiger partial charge < -0.3 is 19.8 Å². The van der Waals surface area contributed by atoms with Crippen LogP contribution in [-0.4, -0.2) is 38.1 Å². The molecule has 0 unspecified atom stereocenters. The number of aromatic nitrogens is 1. The van der Waals surface area contributed by atoms with Crippen molar-refractivity contribution in [2.45, 2.75) is 6.92 Å². The predicted molar refractivity (Wildman–Crippen MR) is 74.3 cm³/mol. The fourth-order valence-corrected chi connectivity index (χ4v) is 2.04. The zero-order valence-corrected chi connectivity index (χ0v) is 11.4. The van der Waals surface area contributed by atoms with E-state index in [0.29, 0.717) is 23.6 Å². The van der Waals surface area contributed by atoms with Gasteiger partial charge in [0.25, 0.3) is 0 Å². The maximum atomic E-state index is 12.1. The molecule has 5 nitrogen and oxygen atoms in total. The van der Waals surface area contributed by atoms with E-state index in [-0.39, 0.29) is 5.78 Å². The SMILES string of the molecule is CCNCC(=O)c1c[nH]c2cc(OC)cc(OC)c12. The number of nitrogens with one attached hydrogen (secondary N) is 2. The average molecular weight is 262 g/mol. The number of aromatic amines is 1. The highest BCUT2D eigenvalue weighted by molar-refractivity contribution is 6.11. The number of Topliss-reactive ketones (excluding diaryl/α,β-unsaturated/α-hetero) is 1. The first-order valence-corrected chi connectivity index (χ1v) is 6.18. The van der Waals surface area contributed by atoms with Gasteiger partial charge in [-0.05, 0) is 6.54 Å². The summed E-state index contributed by atoms with van der Waals surface area (Å²) in [4.78, 5) is 15.2. The summed E-state index contributed by atoms with van der Waals surface area (Å²) < 4.78 is 10.6. The summed E-state index contributed by atoms with van der Waals surface area (Å²) in [7, 11) is 3.18. The lowest BCUT2D eigenvalue weighted by Crippen LogP contribution is -2.22. The van der Waals surface area contributed by atoms with E-state index < -0.39 is 0 Å². The van der Waals surface area contributed by atoms with E-state index in [9.17, 15) is 4.79 Å². The second-order valence-corrected chi connectivity index (χ2v) is 4.16. The van der Waals surface area contributed by atoms with Gasteiger partial charge >= 0.3 is 0 Å². The second-order valence-electron chi connectivity index (χ2n) is 4.16. The molecule has 1 aromatic heterocycles. The standard InChI is InChI=1S/C14H18N2O3/c1-4-15-8-12(17)10-7-16-11-5-9(18-2)6-13(19-3)14(10)11/h5-7,15-16H,4,8H2,1-3H3. The van der Waals surface area contributed by atoms with Crippen molar-refractivity contribution in [3.8, 4) is 11.5 Å². The summed E-state index contributed by atoms with van der Waals surface area (Å²) in [6, 6.07) is 3.63. The highest BCUT2D eigenvalue weighted by Crippen LogP contribution is 2.33. The van der Waals surface area contributed by atoms with Gasteiger partial charge in [0.2, 0.25) is 0 Å². The lowest BCUT2D eigenvalue weighted by Gasteiger charge is -2.07. The number of carbonyl (C=O) groups excluding carboxylic acids is 1. The Bertz CT molecular complexity index is 590. The number of hydrogen-bond acceptors (Lipinski definition) is 4. The number of ether oxygens (including phenoxy) is 2. The molecular formula is C14H18N2O3. The van der Waals surface area contributed by atoms with Crippen LogP contribution in [0, 0.1) is 0 Å². The Morgan fingerprint density at radius 3 is 2.74 bits per heavy atom. The monoisotopic (exact) mass is 262 g/mol. The zero-order valence-electron chi connectivity index (χ0n) is 11.4. The molecule has 0 aliphatic rings. The molecule has 102 valence electrons. The van der Waals surface area contributed by atoms with Crippen molar-refractivity contribution in [3.05, 3.63) is 23.9 Å². The molecule has 2 N–H and O–H groups in total. The van der Waals surface area contributed by atoms with E-state index in [4.69, 9.17) is 9.47 Å². The molecule has 0 saturated heterocycles. The summed E-state index contributed by atoms with van der Waals surface area (Å²) >= 11 is 0. The molecule has 19 heavy (non-hydrogen) atoms. The van der Waals surface area contributed by atoms with Gasteiger partial charge in [0.05, 0.1) is 31.7 Å². The largest absolute Gasteiger partial charge is 0.497 e. The second kappa shape index (κ2) is 5.75. The van der Waals surface area contributed by atoms with E-state index >= 15 is 0 Å². The van der Waals surface area contributed by atoms with Crippen molar-refractivity contribution in [2.75, 3.05) is 27.3 Å². The molecule has 0 saturated carbocycles. The number of carbonyl (C=O) groups is 1. The molecule has 2 aromatic rings. The minimum atomic E-state index is 0.0385. The van der Waals surface area contributed by atoms with Crippen molar-refractivity contribution < 1.29 is 14.3 Å². The lowest BCUT2D eigenvalue weighted by molar-refractivity contribution is 0.0993. The van der Waals surface area contributed by atoms with Gasteiger partial charge in [-0.2, -0.15) is 0 Å². The third-order valence-electron chi connectivity index (χ3n) is 3.01. The van der Waals surface area contributed by atoms with E-state index in [1.54, 1.807) is 26.5 Å². The minimum absolute atomic E-state index is 0.0385. The molecule has 0 atom stereocenters. The number of likely N-dealkylation sites (N-methyl/N-ethyl adjacent to an activating group) is 1. The Balaban J connectivity index is 2.49. The molecule has 1 heterocycles. The molecule has 5 heteroatoms. The smallest absolute Gasteiger partial charge is 0.178 e. The van der Waals surface area contributed by atoms with E-state index in [1.807, 2.05) is 13.0 Å². The van der Waals surface area contributed by atoms with Crippen LogP contribution in [0.15, 0.2) is 18.3 Å². The molecule has 0 spiro atoms. The van der Waals surface area contributed by atoms with Crippen LogP contribution in [-0.2, 0) is 0 Å². The normalized spacial score (nSPS) is 10.7. The number of benzene rings is 1. The molecule has 0 amide bonds. The van der Waals surface area contributed by atoms with Crippen LogP contribution >= 0.6 is 0 Å². The number of methoxy groups -OCH3 is 2. The van der Waals surface area contributed by atoms with E-state index in [1.165, 1.54) is 0 Å². The lowest BCUT2D eigenvalue weighted by atomic mass is 10.1. The Kier molecular flexibility index (Phi) is 4.06. The number of H-pyrrole nitrogens is 1. The van der Waals surface area contributed by atoms with Crippen LogP contribution in [0.5, 0.6) is 11.5 Å². The molecule has 0 fully saturated rings. The van der Waals surface area contributed by atoms with Crippen LogP contribution in [0.1, 0.15) is 17.3 Å². The fourth-order valence-electron chi connectivity index (χ4n) is 2.04. The number of fused-ring (bicyclic) bond motifs is 1. The Hall–Kier alpha value is -2.01. The first kappa shape index (κ1) is 13.4. The zero-order chi connectivity index (χ0) is 13.8. The van der Waals surface area contributed by atoms with E-state index in [2.05, 4.69) is 10.3 Å². The molecule has 0 bridgehead atoms. The molecule has 0 aliphatic heterocycles. The quantitative estimate of drug-likeness (QED) is 0.781. The van der Waals surface area contributed by atoms with Gasteiger partial charge in [-0.15, -0.1) is 0 Å². The number of rotatable bonds is 6. The van der Waals surface area contributed by atoms with Gasteiger partial charge in [-0.25, -0.2) is 0 Å². The topological polar surface area (TPSA) is 63.4 Å². The summed E-state index contributed by atoms with van der Waals surface area (Å²) in [6.45, 7) is 3.05. The molecular weight excluding hydrogens is 244 g/mol. The van der Waals surface area contributed by atoms with Crippen LogP contribution in [0.2, 0.25) is 0 Å². The van der Waals surface area contributed by atoms with Crippen molar-refractivity contribution in [1.29, 1.82) is 0 Å². The highest BCUT2D eigenvalue weighted by Gasteiger charge is 2.16. The Morgan fingerprint density at radius 1 is 1.32 bits per heavy atom. The summed E-state index contributed by atoms with van der Waals surface area (Å²) in [5.74, 6) is 1.36. The van der Waals surface area contributed by atoms with Gasteiger partial charge in [0, 0.05) is 23.9 Å². The maximum absolute atomic E-state index is 12.1. The van der Waals surface area contributed by atoms with Crippen molar-refractivity contribution in [2.24, 2.45) is 0 Å². The molecule has 0 radical (unpaired) electrons. The van der Waals surface area contributed by atoms with Crippen LogP contribution in [0.3, 0.4) is 0 Å². The van der Waals surface area contributed by atoms with Crippen LogP contribution in [0.4, 0.5) is 0 Å². The third kappa shape index (κ3) is 2.56. The van der Waals surface area contributed by atoms with Crippen LogP contribution < -0.4 is 14.8 Å². The Labute approximate surface area is 111 Å². The van der Waals surface area contributed by atoms with Gasteiger partial charge in [0.15, 0.2) is 5.78 Å². The summed E-state index contributed by atoms with van der Waals surface area (Å²) in [6.07, 6.45) is 1.71. The summed E-state index contributed by atoms with van der Waals surface area (Å²) in [5.41, 5.74) is 1.46. The van der Waals surface area contributed by atoms with Gasteiger partial charge in [0.1, 0.15) is 11.5 Å².